The number of benzene rings is 3. The molecule has 3 aromatic rings. The number of hydrogen-bond donors (Lipinski definition) is 2. The van der Waals surface area contributed by atoms with Gasteiger partial charge < -0.3 is 10.1 Å². The second-order valence-electron chi connectivity index (χ2n) is 6.49. The van der Waals surface area contributed by atoms with Crippen LogP contribution < -0.4 is 10.0 Å². The summed E-state index contributed by atoms with van der Waals surface area (Å²) in [5, 5.41) is 2.59. The number of anilines is 2. The maximum Gasteiger partial charge on any atom is 0.338 e. The fraction of sp³-hybridized carbons (Fsp3) is 0.0909. The lowest BCUT2D eigenvalue weighted by Crippen LogP contribution is -2.21. The van der Waals surface area contributed by atoms with E-state index in [9.17, 15) is 18.0 Å². The Morgan fingerprint density at radius 3 is 2.30 bits per heavy atom. The van der Waals surface area contributed by atoms with Crippen molar-refractivity contribution in [3.63, 3.8) is 0 Å². The van der Waals surface area contributed by atoms with Crippen LogP contribution in [0.2, 0.25) is 0 Å². The molecule has 30 heavy (non-hydrogen) atoms. The number of carbonyl (C=O) groups is 2. The van der Waals surface area contributed by atoms with Gasteiger partial charge in [0.1, 0.15) is 0 Å². The summed E-state index contributed by atoms with van der Waals surface area (Å²) in [7, 11) is -3.90. The molecular weight excluding hydrogens is 404 g/mol. The standard InChI is InChI=1S/C22H20N2O5S/c1-16-7-5-11-19(13-16)24-30(27,28)20-12-6-8-17(14-20)22(26)29-15-21(25)23-18-9-3-2-4-10-18/h2-14,24H,15H2,1H3,(H,23,25). The minimum atomic E-state index is -3.90. The average molecular weight is 424 g/mol. The quantitative estimate of drug-likeness (QED) is 0.565. The molecule has 0 saturated carbocycles. The Morgan fingerprint density at radius 2 is 1.57 bits per heavy atom. The topological polar surface area (TPSA) is 102 Å². The zero-order valence-corrected chi connectivity index (χ0v) is 17.0. The molecule has 2 N–H and O–H groups in total. The highest BCUT2D eigenvalue weighted by Gasteiger charge is 2.18. The molecule has 0 aliphatic rings. The SMILES string of the molecule is Cc1cccc(NS(=O)(=O)c2cccc(C(=O)OCC(=O)Nc3ccccc3)c2)c1. The number of ether oxygens (including phenoxy) is 1. The maximum atomic E-state index is 12.6. The summed E-state index contributed by atoms with van der Waals surface area (Å²) in [6.07, 6.45) is 0. The maximum absolute atomic E-state index is 12.6. The second-order valence-corrected chi connectivity index (χ2v) is 8.18. The van der Waals surface area contributed by atoms with E-state index in [-0.39, 0.29) is 10.5 Å². The van der Waals surface area contributed by atoms with Crippen LogP contribution >= 0.6 is 0 Å². The van der Waals surface area contributed by atoms with Crippen LogP contribution in [0.15, 0.2) is 83.8 Å². The molecule has 0 unspecified atom stereocenters. The van der Waals surface area contributed by atoms with Gasteiger partial charge in [0, 0.05) is 11.4 Å². The fourth-order valence-corrected chi connectivity index (χ4v) is 3.74. The van der Waals surface area contributed by atoms with Crippen LogP contribution in [0.4, 0.5) is 11.4 Å². The molecule has 7 nitrogen and oxygen atoms in total. The van der Waals surface area contributed by atoms with E-state index >= 15 is 0 Å². The summed E-state index contributed by atoms with van der Waals surface area (Å²) in [6.45, 7) is 1.36. The first-order chi connectivity index (χ1) is 14.3. The van der Waals surface area contributed by atoms with Gasteiger partial charge in [0.15, 0.2) is 6.61 Å². The van der Waals surface area contributed by atoms with Crippen molar-refractivity contribution in [2.75, 3.05) is 16.6 Å². The van der Waals surface area contributed by atoms with E-state index < -0.39 is 28.5 Å². The Hall–Kier alpha value is -3.65. The molecule has 3 rings (SSSR count). The van der Waals surface area contributed by atoms with Crippen molar-refractivity contribution >= 4 is 33.3 Å². The highest BCUT2D eigenvalue weighted by atomic mass is 32.2. The first-order valence-electron chi connectivity index (χ1n) is 9.05. The van der Waals surface area contributed by atoms with Gasteiger partial charge >= 0.3 is 5.97 Å². The van der Waals surface area contributed by atoms with Crippen molar-refractivity contribution in [2.24, 2.45) is 0 Å². The highest BCUT2D eigenvalue weighted by Crippen LogP contribution is 2.18. The zero-order chi connectivity index (χ0) is 21.6. The van der Waals surface area contributed by atoms with Crippen LogP contribution in [-0.4, -0.2) is 26.9 Å². The number of aryl methyl sites for hydroxylation is 1. The summed E-state index contributed by atoms with van der Waals surface area (Å²) in [5.74, 6) is -1.30. The van der Waals surface area contributed by atoms with E-state index in [0.29, 0.717) is 11.4 Å². The van der Waals surface area contributed by atoms with Crippen LogP contribution in [0.1, 0.15) is 15.9 Å². The molecule has 0 spiro atoms. The van der Waals surface area contributed by atoms with Gasteiger partial charge in [-0.05, 0) is 55.0 Å². The Bertz CT molecular complexity index is 1160. The highest BCUT2D eigenvalue weighted by molar-refractivity contribution is 7.92. The number of para-hydroxylation sites is 1. The molecule has 0 aromatic heterocycles. The summed E-state index contributed by atoms with van der Waals surface area (Å²) in [4.78, 5) is 24.1. The molecular formula is C22H20N2O5S. The zero-order valence-electron chi connectivity index (χ0n) is 16.2. The van der Waals surface area contributed by atoms with Crippen molar-refractivity contribution in [3.05, 3.63) is 90.0 Å². The molecule has 0 atom stereocenters. The summed E-state index contributed by atoms with van der Waals surface area (Å²) < 4.78 is 32.7. The van der Waals surface area contributed by atoms with Gasteiger partial charge in [0.05, 0.1) is 10.5 Å². The van der Waals surface area contributed by atoms with Gasteiger partial charge in [-0.2, -0.15) is 0 Å². The van der Waals surface area contributed by atoms with E-state index in [1.165, 1.54) is 24.3 Å². The van der Waals surface area contributed by atoms with E-state index in [4.69, 9.17) is 4.74 Å². The third-order valence-corrected chi connectivity index (χ3v) is 5.42. The number of esters is 1. The van der Waals surface area contributed by atoms with Gasteiger partial charge in [-0.25, -0.2) is 13.2 Å². The Kier molecular flexibility index (Phi) is 6.48. The molecule has 0 aliphatic carbocycles. The molecule has 0 aliphatic heterocycles. The van der Waals surface area contributed by atoms with Crippen LogP contribution in [-0.2, 0) is 19.6 Å². The number of carbonyl (C=O) groups excluding carboxylic acids is 2. The first kappa shape index (κ1) is 21.1. The van der Waals surface area contributed by atoms with Crippen LogP contribution in [0.25, 0.3) is 0 Å². The van der Waals surface area contributed by atoms with Gasteiger partial charge in [-0.3, -0.25) is 9.52 Å². The summed E-state index contributed by atoms with van der Waals surface area (Å²) >= 11 is 0. The molecule has 0 bridgehead atoms. The molecule has 0 fully saturated rings. The van der Waals surface area contributed by atoms with E-state index in [1.54, 1.807) is 42.5 Å². The molecule has 0 saturated heterocycles. The molecule has 0 heterocycles. The number of nitrogens with one attached hydrogen (secondary N) is 2. The molecule has 1 amide bonds. The number of amides is 1. The van der Waals surface area contributed by atoms with Gasteiger partial charge in [0.25, 0.3) is 15.9 Å². The van der Waals surface area contributed by atoms with E-state index in [2.05, 4.69) is 10.0 Å². The fourth-order valence-electron chi connectivity index (χ4n) is 2.65. The lowest BCUT2D eigenvalue weighted by Gasteiger charge is -2.10. The monoisotopic (exact) mass is 424 g/mol. The lowest BCUT2D eigenvalue weighted by atomic mass is 10.2. The van der Waals surface area contributed by atoms with Crippen molar-refractivity contribution < 1.29 is 22.7 Å². The smallest absolute Gasteiger partial charge is 0.338 e. The minimum absolute atomic E-state index is 0.0228. The molecule has 3 aromatic carbocycles. The number of rotatable bonds is 7. The van der Waals surface area contributed by atoms with Crippen molar-refractivity contribution in [1.82, 2.24) is 0 Å². The van der Waals surface area contributed by atoms with Gasteiger partial charge in [0.2, 0.25) is 0 Å². The first-order valence-corrected chi connectivity index (χ1v) is 10.5. The second kappa shape index (κ2) is 9.23. The Balaban J connectivity index is 1.65. The largest absolute Gasteiger partial charge is 0.452 e. The molecule has 8 heteroatoms. The number of sulfonamides is 1. The normalized spacial score (nSPS) is 10.8. The van der Waals surface area contributed by atoms with E-state index in [1.807, 2.05) is 19.1 Å². The molecule has 154 valence electrons. The predicted molar refractivity (Wildman–Crippen MR) is 114 cm³/mol. The minimum Gasteiger partial charge on any atom is -0.452 e. The third-order valence-electron chi connectivity index (χ3n) is 4.04. The third kappa shape index (κ3) is 5.68. The predicted octanol–water partition coefficient (Wildman–Crippen LogP) is 3.59. The van der Waals surface area contributed by atoms with Crippen molar-refractivity contribution in [1.29, 1.82) is 0 Å². The molecule has 0 radical (unpaired) electrons. The van der Waals surface area contributed by atoms with Crippen LogP contribution in [0, 0.1) is 6.92 Å². The summed E-state index contributed by atoms with van der Waals surface area (Å²) in [6, 6.07) is 21.1. The van der Waals surface area contributed by atoms with E-state index in [0.717, 1.165) is 5.56 Å². The summed E-state index contributed by atoms with van der Waals surface area (Å²) in [5.41, 5.74) is 1.92. The average Bonchev–Trinajstić information content (AvgIpc) is 2.72. The van der Waals surface area contributed by atoms with Gasteiger partial charge in [-0.15, -0.1) is 0 Å². The Morgan fingerprint density at radius 1 is 0.867 bits per heavy atom. The van der Waals surface area contributed by atoms with Crippen molar-refractivity contribution in [2.45, 2.75) is 11.8 Å². The van der Waals surface area contributed by atoms with Crippen LogP contribution in [0.3, 0.4) is 0 Å². The van der Waals surface area contributed by atoms with Crippen LogP contribution in [0.5, 0.6) is 0 Å². The Labute approximate surface area is 174 Å². The lowest BCUT2D eigenvalue weighted by molar-refractivity contribution is -0.119. The van der Waals surface area contributed by atoms with Gasteiger partial charge in [-0.1, -0.05) is 36.4 Å². The number of hydrogen-bond acceptors (Lipinski definition) is 5. The van der Waals surface area contributed by atoms with Crippen molar-refractivity contribution in [3.8, 4) is 0 Å².